The Hall–Kier alpha value is -0.160. The van der Waals surface area contributed by atoms with E-state index in [2.05, 4.69) is 31.0 Å². The second-order valence-electron chi connectivity index (χ2n) is 5.87. The zero-order chi connectivity index (χ0) is 13.3. The molecule has 1 N–H and O–H groups in total. The van der Waals surface area contributed by atoms with Gasteiger partial charge in [0.2, 0.25) is 0 Å². The molecule has 0 saturated carbocycles. The van der Waals surface area contributed by atoms with Gasteiger partial charge in [-0.2, -0.15) is 0 Å². The summed E-state index contributed by atoms with van der Waals surface area (Å²) in [5.41, 5.74) is -0.00364. The molecule has 0 aromatic carbocycles. The average molecular weight is 258 g/mol. The Balaban J connectivity index is 1.81. The largest absolute Gasteiger partial charge is 0.379 e. The summed E-state index contributed by atoms with van der Waals surface area (Å²) in [5, 5.41) is 3.47. The Bertz CT molecular complexity index is 198. The lowest BCUT2D eigenvalue weighted by molar-refractivity contribution is -0.00380. The van der Waals surface area contributed by atoms with Gasteiger partial charge in [-0.05, 0) is 53.2 Å². The number of hydrogen-bond acceptors (Lipinski definition) is 4. The number of nitrogens with zero attached hydrogens (tertiary/aromatic N) is 1. The first-order valence-electron chi connectivity index (χ1n) is 7.23. The second-order valence-corrected chi connectivity index (χ2v) is 5.87. The van der Waals surface area contributed by atoms with Crippen LogP contribution in [0.4, 0.5) is 0 Å². The van der Waals surface area contributed by atoms with Gasteiger partial charge in [-0.15, -0.1) is 0 Å². The monoisotopic (exact) mass is 258 g/mol. The Kier molecular flexibility index (Phi) is 7.82. The van der Waals surface area contributed by atoms with E-state index < -0.39 is 0 Å². The number of hydrogen-bond donors (Lipinski definition) is 1. The van der Waals surface area contributed by atoms with Crippen molar-refractivity contribution in [1.29, 1.82) is 0 Å². The molecule has 1 heterocycles. The van der Waals surface area contributed by atoms with Gasteiger partial charge in [-0.25, -0.2) is 0 Å². The smallest absolute Gasteiger partial charge is 0.0598 e. The average Bonchev–Trinajstić information content (AvgIpc) is 2.32. The van der Waals surface area contributed by atoms with Crippen molar-refractivity contribution in [3.8, 4) is 0 Å². The minimum Gasteiger partial charge on any atom is -0.379 e. The highest BCUT2D eigenvalue weighted by molar-refractivity contribution is 4.63. The van der Waals surface area contributed by atoms with E-state index in [1.807, 2.05) is 0 Å². The van der Waals surface area contributed by atoms with Crippen molar-refractivity contribution >= 4 is 0 Å². The third-order valence-corrected chi connectivity index (χ3v) is 2.96. The maximum atomic E-state index is 5.67. The van der Waals surface area contributed by atoms with E-state index in [4.69, 9.17) is 9.47 Å². The zero-order valence-corrected chi connectivity index (χ0v) is 12.3. The lowest BCUT2D eigenvalue weighted by Gasteiger charge is -2.26. The van der Waals surface area contributed by atoms with Crippen molar-refractivity contribution < 1.29 is 9.47 Å². The molecule has 18 heavy (non-hydrogen) atoms. The van der Waals surface area contributed by atoms with Gasteiger partial charge in [0, 0.05) is 19.7 Å². The van der Waals surface area contributed by atoms with Crippen molar-refractivity contribution in [2.24, 2.45) is 0 Å². The minimum atomic E-state index is -0.00364. The molecule has 4 nitrogen and oxygen atoms in total. The first-order valence-corrected chi connectivity index (χ1v) is 7.23. The van der Waals surface area contributed by atoms with Gasteiger partial charge in [0.1, 0.15) is 0 Å². The van der Waals surface area contributed by atoms with Gasteiger partial charge in [0.25, 0.3) is 0 Å². The van der Waals surface area contributed by atoms with Gasteiger partial charge >= 0.3 is 0 Å². The highest BCUT2D eigenvalue weighted by Gasteiger charge is 2.09. The van der Waals surface area contributed by atoms with Gasteiger partial charge in [-0.1, -0.05) is 0 Å². The quantitative estimate of drug-likeness (QED) is 0.669. The Morgan fingerprint density at radius 1 is 1.11 bits per heavy atom. The maximum Gasteiger partial charge on any atom is 0.0598 e. The fraction of sp³-hybridized carbons (Fsp3) is 1.00. The van der Waals surface area contributed by atoms with Gasteiger partial charge in [-0.3, -0.25) is 4.90 Å². The first-order chi connectivity index (χ1) is 8.58. The Morgan fingerprint density at radius 2 is 1.78 bits per heavy atom. The molecule has 4 heteroatoms. The summed E-state index contributed by atoms with van der Waals surface area (Å²) < 4.78 is 11.0. The number of ether oxygens (including phenoxy) is 2. The van der Waals surface area contributed by atoms with Crippen LogP contribution >= 0.6 is 0 Å². The van der Waals surface area contributed by atoms with Gasteiger partial charge in [0.15, 0.2) is 0 Å². The molecule has 108 valence electrons. The highest BCUT2D eigenvalue weighted by Crippen LogP contribution is 2.06. The Morgan fingerprint density at radius 3 is 2.44 bits per heavy atom. The zero-order valence-electron chi connectivity index (χ0n) is 12.3. The van der Waals surface area contributed by atoms with Crippen LogP contribution in [0.5, 0.6) is 0 Å². The molecule has 1 aliphatic rings. The molecule has 1 rings (SSSR count). The topological polar surface area (TPSA) is 33.7 Å². The first kappa shape index (κ1) is 15.9. The van der Waals surface area contributed by atoms with Crippen LogP contribution < -0.4 is 5.32 Å². The standard InChI is InChI=1S/C14H30N2O2/c1-14(2,3)18-11-5-7-15-6-4-8-16-9-12-17-13-10-16/h15H,4-13H2,1-3H3. The van der Waals surface area contributed by atoms with E-state index in [1.54, 1.807) is 0 Å². The van der Waals surface area contributed by atoms with Crippen molar-refractivity contribution in [1.82, 2.24) is 10.2 Å². The minimum absolute atomic E-state index is 0.00364. The molecule has 0 spiro atoms. The summed E-state index contributed by atoms with van der Waals surface area (Å²) in [5.74, 6) is 0. The van der Waals surface area contributed by atoms with E-state index in [1.165, 1.54) is 13.0 Å². The molecule has 0 atom stereocenters. The molecular weight excluding hydrogens is 228 g/mol. The molecule has 0 bridgehead atoms. The predicted molar refractivity (Wildman–Crippen MR) is 75.1 cm³/mol. The van der Waals surface area contributed by atoms with Crippen molar-refractivity contribution in [2.45, 2.75) is 39.2 Å². The lowest BCUT2D eigenvalue weighted by Crippen LogP contribution is -2.37. The van der Waals surface area contributed by atoms with Crippen molar-refractivity contribution in [3.05, 3.63) is 0 Å². The SMILES string of the molecule is CC(C)(C)OCCCNCCCN1CCOCC1. The van der Waals surface area contributed by atoms with Crippen LogP contribution in [0.2, 0.25) is 0 Å². The molecule has 1 fully saturated rings. The molecule has 1 saturated heterocycles. The molecule has 0 aliphatic carbocycles. The van der Waals surface area contributed by atoms with Crippen LogP contribution in [0.3, 0.4) is 0 Å². The summed E-state index contributed by atoms with van der Waals surface area (Å²) in [4.78, 5) is 2.48. The summed E-state index contributed by atoms with van der Waals surface area (Å²) >= 11 is 0. The summed E-state index contributed by atoms with van der Waals surface area (Å²) in [6, 6.07) is 0. The molecule has 0 unspecified atom stereocenters. The van der Waals surface area contributed by atoms with Crippen LogP contribution in [0, 0.1) is 0 Å². The summed E-state index contributed by atoms with van der Waals surface area (Å²) in [6.45, 7) is 14.5. The van der Waals surface area contributed by atoms with Crippen LogP contribution in [-0.4, -0.2) is 63.0 Å². The molecule has 0 aromatic rings. The highest BCUT2D eigenvalue weighted by atomic mass is 16.5. The third-order valence-electron chi connectivity index (χ3n) is 2.96. The lowest BCUT2D eigenvalue weighted by atomic mass is 10.2. The molecular formula is C14H30N2O2. The number of morpholine rings is 1. The molecule has 0 aromatic heterocycles. The fourth-order valence-electron chi connectivity index (χ4n) is 1.95. The number of nitrogens with one attached hydrogen (secondary N) is 1. The summed E-state index contributed by atoms with van der Waals surface area (Å²) in [7, 11) is 0. The Labute approximate surface area is 112 Å². The molecule has 1 aliphatic heterocycles. The van der Waals surface area contributed by atoms with E-state index in [0.29, 0.717) is 0 Å². The van der Waals surface area contributed by atoms with Crippen LogP contribution in [0.1, 0.15) is 33.6 Å². The van der Waals surface area contributed by atoms with Crippen LogP contribution in [0.25, 0.3) is 0 Å². The van der Waals surface area contributed by atoms with E-state index in [9.17, 15) is 0 Å². The normalized spacial score (nSPS) is 18.2. The summed E-state index contributed by atoms with van der Waals surface area (Å²) in [6.07, 6.45) is 2.31. The van der Waals surface area contributed by atoms with Crippen molar-refractivity contribution in [2.75, 3.05) is 52.5 Å². The second kappa shape index (κ2) is 8.86. The van der Waals surface area contributed by atoms with Crippen LogP contribution in [-0.2, 0) is 9.47 Å². The van der Waals surface area contributed by atoms with E-state index in [0.717, 1.165) is 52.4 Å². The predicted octanol–water partition coefficient (Wildman–Crippen LogP) is 1.50. The molecule has 0 radical (unpaired) electrons. The fourth-order valence-corrected chi connectivity index (χ4v) is 1.95. The number of rotatable bonds is 8. The van der Waals surface area contributed by atoms with Gasteiger partial charge in [0.05, 0.1) is 18.8 Å². The molecule has 0 amide bonds. The van der Waals surface area contributed by atoms with Crippen LogP contribution in [0.15, 0.2) is 0 Å². The third kappa shape index (κ3) is 8.86. The maximum absolute atomic E-state index is 5.67. The van der Waals surface area contributed by atoms with E-state index >= 15 is 0 Å². The van der Waals surface area contributed by atoms with Crippen molar-refractivity contribution in [3.63, 3.8) is 0 Å². The van der Waals surface area contributed by atoms with E-state index in [-0.39, 0.29) is 5.60 Å². The van der Waals surface area contributed by atoms with Gasteiger partial charge < -0.3 is 14.8 Å².